The Labute approximate surface area is 221 Å². The molecule has 3 rings (SSSR count). The number of carboxylic acid groups (broad SMARTS) is 1. The van der Waals surface area contributed by atoms with Gasteiger partial charge in [0.1, 0.15) is 17.7 Å². The lowest BCUT2D eigenvalue weighted by Gasteiger charge is -2.33. The summed E-state index contributed by atoms with van der Waals surface area (Å²) in [5.41, 5.74) is 6.96. The Morgan fingerprint density at radius 1 is 1.24 bits per heavy atom. The molecule has 5 N–H and O–H groups in total. The number of amidine groups is 2. The first-order chi connectivity index (χ1) is 17.5. The van der Waals surface area contributed by atoms with Crippen LogP contribution < -0.4 is 14.8 Å². The first kappa shape index (κ1) is 28.0. The first-order valence-electron chi connectivity index (χ1n) is 11.6. The predicted octanol–water partition coefficient (Wildman–Crippen LogP) is 3.40. The molecule has 1 fully saturated rings. The summed E-state index contributed by atoms with van der Waals surface area (Å²) in [6.45, 7) is 3.02. The number of rotatable bonds is 10. The molecular formula is C25H30ClN5O5S. The Balaban J connectivity index is 1.80. The highest BCUT2D eigenvalue weighted by Crippen LogP contribution is 2.32. The smallest absolute Gasteiger partial charge is 0.320 e. The van der Waals surface area contributed by atoms with Crippen LogP contribution in [0.25, 0.3) is 6.08 Å². The lowest BCUT2D eigenvalue weighted by Crippen LogP contribution is -2.40. The average molecular weight is 548 g/mol. The summed E-state index contributed by atoms with van der Waals surface area (Å²) in [6.07, 6.45) is 4.61. The second-order valence-corrected chi connectivity index (χ2v) is 10.9. The van der Waals surface area contributed by atoms with Crippen LogP contribution in [0.15, 0.2) is 48.5 Å². The van der Waals surface area contributed by atoms with Crippen LogP contribution in [0.1, 0.15) is 30.9 Å². The van der Waals surface area contributed by atoms with Crippen LogP contribution in [0.3, 0.4) is 0 Å². The Bertz CT molecular complexity index is 1310. The van der Waals surface area contributed by atoms with E-state index in [1.807, 2.05) is 4.90 Å². The van der Waals surface area contributed by atoms with Crippen molar-refractivity contribution < 1.29 is 23.1 Å². The monoisotopic (exact) mass is 547 g/mol. The van der Waals surface area contributed by atoms with Gasteiger partial charge in [-0.15, -0.1) is 0 Å². The molecule has 0 saturated carbocycles. The van der Waals surface area contributed by atoms with Gasteiger partial charge in [-0.3, -0.25) is 19.9 Å². The summed E-state index contributed by atoms with van der Waals surface area (Å²) >= 11 is 6.45. The number of piperidine rings is 1. The van der Waals surface area contributed by atoms with Gasteiger partial charge < -0.3 is 20.5 Å². The van der Waals surface area contributed by atoms with E-state index in [1.165, 1.54) is 12.1 Å². The van der Waals surface area contributed by atoms with Crippen LogP contribution in [0.2, 0.25) is 5.02 Å². The molecule has 0 aromatic heterocycles. The number of nitrogens with one attached hydrogen (secondary N) is 2. The Morgan fingerprint density at radius 2 is 1.95 bits per heavy atom. The lowest BCUT2D eigenvalue weighted by molar-refractivity contribution is -0.134. The van der Waals surface area contributed by atoms with E-state index in [2.05, 4.69) is 0 Å². The van der Waals surface area contributed by atoms with Crippen LogP contribution in [-0.2, 0) is 14.8 Å². The molecule has 1 heterocycles. The molecule has 0 spiro atoms. The van der Waals surface area contributed by atoms with Crippen LogP contribution in [0, 0.1) is 10.8 Å². The zero-order chi connectivity index (χ0) is 27.2. The maximum absolute atomic E-state index is 12.9. The molecule has 2 aromatic rings. The summed E-state index contributed by atoms with van der Waals surface area (Å²) in [5, 5.41) is 24.7. The molecular weight excluding hydrogens is 518 g/mol. The molecule has 37 heavy (non-hydrogen) atoms. The number of ether oxygens (including phenoxy) is 1. The highest BCUT2D eigenvalue weighted by molar-refractivity contribution is 7.93. The van der Waals surface area contributed by atoms with Gasteiger partial charge in [0.25, 0.3) is 0 Å². The topological polar surface area (TPSA) is 161 Å². The van der Waals surface area contributed by atoms with Crippen LogP contribution in [0.4, 0.5) is 5.69 Å². The number of nitrogen functional groups attached to an aromatic ring is 1. The Hall–Kier alpha value is -3.57. The van der Waals surface area contributed by atoms with Gasteiger partial charge in [-0.25, -0.2) is 8.42 Å². The van der Waals surface area contributed by atoms with Crippen LogP contribution >= 0.6 is 11.6 Å². The van der Waals surface area contributed by atoms with E-state index in [1.54, 1.807) is 49.4 Å². The van der Waals surface area contributed by atoms with Gasteiger partial charge in [-0.2, -0.15) is 0 Å². The minimum absolute atomic E-state index is 0.0838. The molecule has 0 aliphatic carbocycles. The van der Waals surface area contributed by atoms with Crippen molar-refractivity contribution in [1.82, 2.24) is 4.90 Å². The van der Waals surface area contributed by atoms with Gasteiger partial charge in [0, 0.05) is 31.5 Å². The third-order valence-corrected chi connectivity index (χ3v) is 7.77. The SMILES string of the molecule is CC(=N)N1CCC(Oc2ccc(N(CC=Cc3cccc(C(=N)N)c3)S(=O)(=O)CC(=O)O)cc2Cl)CC1. The highest BCUT2D eigenvalue weighted by atomic mass is 35.5. The van der Waals surface area contributed by atoms with E-state index in [4.69, 9.17) is 38.0 Å². The first-order valence-corrected chi connectivity index (χ1v) is 13.5. The zero-order valence-corrected chi connectivity index (χ0v) is 21.9. The van der Waals surface area contributed by atoms with Crippen molar-refractivity contribution >= 4 is 51.0 Å². The average Bonchev–Trinajstić information content (AvgIpc) is 2.83. The Morgan fingerprint density at radius 3 is 2.54 bits per heavy atom. The second-order valence-electron chi connectivity index (χ2n) is 8.63. The maximum atomic E-state index is 12.9. The fourth-order valence-electron chi connectivity index (χ4n) is 3.94. The minimum Gasteiger partial charge on any atom is -0.489 e. The van der Waals surface area contributed by atoms with Gasteiger partial charge in [0.15, 0.2) is 5.75 Å². The van der Waals surface area contributed by atoms with E-state index in [0.717, 1.165) is 17.1 Å². The maximum Gasteiger partial charge on any atom is 0.320 e. The summed E-state index contributed by atoms with van der Waals surface area (Å²) in [7, 11) is -4.22. The quantitative estimate of drug-likeness (QED) is 0.262. The van der Waals surface area contributed by atoms with Crippen molar-refractivity contribution in [3.05, 3.63) is 64.7 Å². The number of hydrogen-bond donors (Lipinski definition) is 4. The number of nitrogens with two attached hydrogens (primary N) is 1. The van der Waals surface area contributed by atoms with Crippen LogP contribution in [-0.4, -0.2) is 67.6 Å². The summed E-state index contributed by atoms with van der Waals surface area (Å²) in [6, 6.07) is 11.4. The third-order valence-electron chi connectivity index (χ3n) is 5.83. The van der Waals surface area contributed by atoms with Crippen molar-refractivity contribution in [3.8, 4) is 5.75 Å². The number of anilines is 1. The van der Waals surface area contributed by atoms with Gasteiger partial charge in [0.2, 0.25) is 10.0 Å². The van der Waals surface area contributed by atoms with E-state index in [-0.39, 0.29) is 29.2 Å². The van der Waals surface area contributed by atoms with E-state index >= 15 is 0 Å². The second kappa shape index (κ2) is 12.1. The number of sulfonamides is 1. The molecule has 1 aliphatic heterocycles. The molecule has 0 radical (unpaired) electrons. The van der Waals surface area contributed by atoms with Gasteiger partial charge in [-0.1, -0.05) is 42.0 Å². The molecule has 0 bridgehead atoms. The van der Waals surface area contributed by atoms with Crippen LogP contribution in [0.5, 0.6) is 5.75 Å². The van der Waals surface area contributed by atoms with Gasteiger partial charge >= 0.3 is 5.97 Å². The lowest BCUT2D eigenvalue weighted by atomic mass is 10.1. The molecule has 0 unspecified atom stereocenters. The normalized spacial score (nSPS) is 14.5. The minimum atomic E-state index is -4.22. The fourth-order valence-corrected chi connectivity index (χ4v) is 5.37. The largest absolute Gasteiger partial charge is 0.489 e. The molecule has 1 aliphatic rings. The summed E-state index contributed by atoms with van der Waals surface area (Å²) in [4.78, 5) is 13.2. The van der Waals surface area contributed by atoms with Gasteiger partial charge in [-0.05, 0) is 36.8 Å². The van der Waals surface area contributed by atoms with Crippen molar-refractivity contribution in [1.29, 1.82) is 10.8 Å². The van der Waals surface area contributed by atoms with Crippen molar-refractivity contribution in [2.75, 3.05) is 29.7 Å². The molecule has 198 valence electrons. The number of aliphatic carboxylic acids is 1. The third kappa shape index (κ3) is 7.70. The summed E-state index contributed by atoms with van der Waals surface area (Å²) < 4.78 is 32.8. The van der Waals surface area contributed by atoms with Gasteiger partial charge in [0.05, 0.1) is 23.1 Å². The zero-order valence-electron chi connectivity index (χ0n) is 20.4. The highest BCUT2D eigenvalue weighted by Gasteiger charge is 2.26. The van der Waals surface area contributed by atoms with E-state index in [9.17, 15) is 13.2 Å². The number of halogens is 1. The predicted molar refractivity (Wildman–Crippen MR) is 145 cm³/mol. The number of likely N-dealkylation sites (tertiary alicyclic amines) is 1. The molecule has 0 atom stereocenters. The van der Waals surface area contributed by atoms with E-state index < -0.39 is 21.7 Å². The standard InChI is InChI=1S/C25H30ClN5O5S/c1-17(27)30-12-9-21(10-13-30)36-23-8-7-20(15-22(23)26)31(37(34,35)16-24(32)33)11-3-5-18-4-2-6-19(14-18)25(28)29/h2-8,14-15,21,27H,9-13,16H2,1H3,(H3,28,29)(H,32,33). The number of nitrogens with zero attached hydrogens (tertiary/aromatic N) is 2. The Kier molecular flexibility index (Phi) is 9.17. The number of carboxylic acids is 1. The van der Waals surface area contributed by atoms with Crippen molar-refractivity contribution in [3.63, 3.8) is 0 Å². The molecule has 12 heteroatoms. The van der Waals surface area contributed by atoms with Crippen molar-refractivity contribution in [2.24, 2.45) is 5.73 Å². The van der Waals surface area contributed by atoms with E-state index in [0.29, 0.717) is 35.8 Å². The molecule has 10 nitrogen and oxygen atoms in total. The summed E-state index contributed by atoms with van der Waals surface area (Å²) in [5.74, 6) is -1.72. The van der Waals surface area contributed by atoms with Crippen molar-refractivity contribution in [2.45, 2.75) is 25.9 Å². The molecule has 0 amide bonds. The fraction of sp³-hybridized carbons (Fsp3) is 0.320. The molecule has 2 aromatic carbocycles. The molecule has 1 saturated heterocycles. The number of hydrogen-bond acceptors (Lipinski definition) is 6. The number of carbonyl (C=O) groups is 1. The number of benzene rings is 2.